The van der Waals surface area contributed by atoms with Crippen LogP contribution in [0.1, 0.15) is 66.2 Å². The molecule has 0 aromatic carbocycles. The van der Waals surface area contributed by atoms with Crippen molar-refractivity contribution in [1.82, 2.24) is 0 Å². The zero-order chi connectivity index (χ0) is 12.9. The van der Waals surface area contributed by atoms with E-state index in [0.29, 0.717) is 12.3 Å². The Labute approximate surface area is 105 Å². The lowest BCUT2D eigenvalue weighted by atomic mass is 9.79. The zero-order valence-corrected chi connectivity index (χ0v) is 11.7. The molecule has 0 saturated carbocycles. The van der Waals surface area contributed by atoms with E-state index < -0.39 is 0 Å². The van der Waals surface area contributed by atoms with Crippen LogP contribution in [0.2, 0.25) is 0 Å². The third-order valence-corrected chi connectivity index (χ3v) is 3.73. The number of esters is 1. The molecule has 1 unspecified atom stereocenters. The standard InChI is InChI=1S/C15H26O2/c1-5-6-7-14(16)17-15(3,4)13-10-8-12(2)9-11-13/h8,13H,5-7,9-11H2,1-4H3. The molecule has 1 rings (SSSR count). The van der Waals surface area contributed by atoms with Crippen LogP contribution in [0, 0.1) is 5.92 Å². The lowest BCUT2D eigenvalue weighted by Gasteiger charge is -2.35. The predicted molar refractivity (Wildman–Crippen MR) is 70.8 cm³/mol. The van der Waals surface area contributed by atoms with E-state index in [-0.39, 0.29) is 11.6 Å². The maximum atomic E-state index is 11.7. The van der Waals surface area contributed by atoms with Gasteiger partial charge in [0.25, 0.3) is 0 Å². The average Bonchev–Trinajstić information content (AvgIpc) is 2.26. The van der Waals surface area contributed by atoms with Crippen molar-refractivity contribution in [3.05, 3.63) is 11.6 Å². The normalized spacial score (nSPS) is 20.9. The third kappa shape index (κ3) is 4.53. The first-order valence-corrected chi connectivity index (χ1v) is 6.83. The van der Waals surface area contributed by atoms with Crippen molar-refractivity contribution in [3.63, 3.8) is 0 Å². The van der Waals surface area contributed by atoms with E-state index in [1.807, 2.05) is 0 Å². The van der Waals surface area contributed by atoms with Gasteiger partial charge in [-0.1, -0.05) is 25.0 Å². The van der Waals surface area contributed by atoms with Crippen LogP contribution in [0.3, 0.4) is 0 Å². The molecule has 0 heterocycles. The molecule has 2 nitrogen and oxygen atoms in total. The van der Waals surface area contributed by atoms with Gasteiger partial charge in [0.1, 0.15) is 5.60 Å². The number of unbranched alkanes of at least 4 members (excludes halogenated alkanes) is 1. The van der Waals surface area contributed by atoms with E-state index >= 15 is 0 Å². The number of carbonyl (C=O) groups excluding carboxylic acids is 1. The van der Waals surface area contributed by atoms with Crippen molar-refractivity contribution < 1.29 is 9.53 Å². The predicted octanol–water partition coefficient (Wildman–Crippen LogP) is 4.24. The summed E-state index contributed by atoms with van der Waals surface area (Å²) in [5.74, 6) is 0.430. The number of hydrogen-bond acceptors (Lipinski definition) is 2. The summed E-state index contributed by atoms with van der Waals surface area (Å²) in [5.41, 5.74) is 1.15. The van der Waals surface area contributed by atoms with E-state index in [2.05, 4.69) is 33.8 Å². The largest absolute Gasteiger partial charge is 0.459 e. The Bertz CT molecular complexity index is 289. The lowest BCUT2D eigenvalue weighted by Crippen LogP contribution is -2.37. The van der Waals surface area contributed by atoms with Crippen LogP contribution in [0.25, 0.3) is 0 Å². The Hall–Kier alpha value is -0.790. The minimum atomic E-state index is -0.317. The molecular formula is C15H26O2. The minimum absolute atomic E-state index is 0.0388. The van der Waals surface area contributed by atoms with Gasteiger partial charge in [0, 0.05) is 12.3 Å². The molecule has 0 aromatic heterocycles. The molecule has 0 bridgehead atoms. The Morgan fingerprint density at radius 3 is 2.76 bits per heavy atom. The zero-order valence-electron chi connectivity index (χ0n) is 11.7. The topological polar surface area (TPSA) is 26.3 Å². The number of carbonyl (C=O) groups is 1. The quantitative estimate of drug-likeness (QED) is 0.529. The second-order valence-corrected chi connectivity index (χ2v) is 5.70. The number of hydrogen-bond donors (Lipinski definition) is 0. The van der Waals surface area contributed by atoms with Gasteiger partial charge in [-0.2, -0.15) is 0 Å². The summed E-state index contributed by atoms with van der Waals surface area (Å²) < 4.78 is 5.65. The molecule has 0 aliphatic heterocycles. The van der Waals surface area contributed by atoms with Crippen LogP contribution in [0.15, 0.2) is 11.6 Å². The molecule has 0 aromatic rings. The SMILES string of the molecule is CCCCC(=O)OC(C)(C)C1CC=C(C)CC1. The van der Waals surface area contributed by atoms with E-state index in [0.717, 1.165) is 32.1 Å². The van der Waals surface area contributed by atoms with Crippen molar-refractivity contribution >= 4 is 5.97 Å². The Morgan fingerprint density at radius 2 is 2.24 bits per heavy atom. The maximum Gasteiger partial charge on any atom is 0.306 e. The molecule has 98 valence electrons. The van der Waals surface area contributed by atoms with E-state index in [1.54, 1.807) is 0 Å². The first-order valence-electron chi connectivity index (χ1n) is 6.83. The highest BCUT2D eigenvalue weighted by atomic mass is 16.6. The summed E-state index contributed by atoms with van der Waals surface area (Å²) in [4.78, 5) is 11.7. The highest BCUT2D eigenvalue weighted by Crippen LogP contribution is 2.34. The second kappa shape index (κ2) is 6.23. The fourth-order valence-electron chi connectivity index (χ4n) is 2.35. The van der Waals surface area contributed by atoms with Crippen molar-refractivity contribution in [2.75, 3.05) is 0 Å². The molecule has 17 heavy (non-hydrogen) atoms. The molecule has 1 atom stereocenters. The molecular weight excluding hydrogens is 212 g/mol. The highest BCUT2D eigenvalue weighted by molar-refractivity contribution is 5.69. The molecule has 1 aliphatic carbocycles. The van der Waals surface area contributed by atoms with Crippen LogP contribution < -0.4 is 0 Å². The van der Waals surface area contributed by atoms with Crippen LogP contribution in [-0.4, -0.2) is 11.6 Å². The summed E-state index contributed by atoms with van der Waals surface area (Å²) in [5, 5.41) is 0. The number of allylic oxidation sites excluding steroid dienone is 2. The van der Waals surface area contributed by atoms with Crippen LogP contribution in [-0.2, 0) is 9.53 Å². The first kappa shape index (κ1) is 14.3. The number of ether oxygens (including phenoxy) is 1. The molecule has 0 amide bonds. The van der Waals surface area contributed by atoms with Crippen molar-refractivity contribution in [3.8, 4) is 0 Å². The Kier molecular flexibility index (Phi) is 5.23. The highest BCUT2D eigenvalue weighted by Gasteiger charge is 2.33. The summed E-state index contributed by atoms with van der Waals surface area (Å²) in [6.07, 6.45) is 8.13. The lowest BCUT2D eigenvalue weighted by molar-refractivity contribution is -0.162. The van der Waals surface area contributed by atoms with Crippen molar-refractivity contribution in [1.29, 1.82) is 0 Å². The summed E-state index contributed by atoms with van der Waals surface area (Å²) in [7, 11) is 0. The van der Waals surface area contributed by atoms with Gasteiger partial charge in [-0.25, -0.2) is 0 Å². The monoisotopic (exact) mass is 238 g/mol. The first-order chi connectivity index (χ1) is 7.95. The summed E-state index contributed by atoms with van der Waals surface area (Å²) >= 11 is 0. The fourth-order valence-corrected chi connectivity index (χ4v) is 2.35. The molecule has 0 N–H and O–H groups in total. The van der Waals surface area contributed by atoms with Gasteiger partial charge >= 0.3 is 5.97 Å². The van der Waals surface area contributed by atoms with E-state index in [1.165, 1.54) is 5.57 Å². The molecule has 0 spiro atoms. The molecule has 1 aliphatic rings. The third-order valence-electron chi connectivity index (χ3n) is 3.73. The maximum absolute atomic E-state index is 11.7. The Balaban J connectivity index is 2.47. The van der Waals surface area contributed by atoms with Gasteiger partial charge in [-0.05, 0) is 46.5 Å². The molecule has 0 radical (unpaired) electrons. The van der Waals surface area contributed by atoms with Gasteiger partial charge in [0.15, 0.2) is 0 Å². The van der Waals surface area contributed by atoms with Gasteiger partial charge in [-0.3, -0.25) is 4.79 Å². The fraction of sp³-hybridized carbons (Fsp3) is 0.800. The minimum Gasteiger partial charge on any atom is -0.459 e. The van der Waals surface area contributed by atoms with Crippen LogP contribution in [0.5, 0.6) is 0 Å². The van der Waals surface area contributed by atoms with E-state index in [4.69, 9.17) is 4.74 Å². The summed E-state index contributed by atoms with van der Waals surface area (Å²) in [6, 6.07) is 0. The van der Waals surface area contributed by atoms with Crippen molar-refractivity contribution in [2.24, 2.45) is 5.92 Å². The van der Waals surface area contributed by atoms with Gasteiger partial charge < -0.3 is 4.74 Å². The van der Waals surface area contributed by atoms with Crippen LogP contribution >= 0.6 is 0 Å². The van der Waals surface area contributed by atoms with E-state index in [9.17, 15) is 4.79 Å². The molecule has 0 saturated heterocycles. The van der Waals surface area contributed by atoms with Gasteiger partial charge in [0.2, 0.25) is 0 Å². The smallest absolute Gasteiger partial charge is 0.306 e. The average molecular weight is 238 g/mol. The molecule has 2 heteroatoms. The number of rotatable bonds is 5. The Morgan fingerprint density at radius 1 is 1.53 bits per heavy atom. The second-order valence-electron chi connectivity index (χ2n) is 5.70. The van der Waals surface area contributed by atoms with Crippen LogP contribution in [0.4, 0.5) is 0 Å². The van der Waals surface area contributed by atoms with Crippen molar-refractivity contribution in [2.45, 2.75) is 71.8 Å². The molecule has 0 fully saturated rings. The summed E-state index contributed by atoms with van der Waals surface area (Å²) in [6.45, 7) is 8.37. The van der Waals surface area contributed by atoms with Gasteiger partial charge in [-0.15, -0.1) is 0 Å². The van der Waals surface area contributed by atoms with Gasteiger partial charge in [0.05, 0.1) is 0 Å².